The molecule has 0 bridgehead atoms. The van der Waals surface area contributed by atoms with Crippen LogP contribution < -0.4 is 10.5 Å². The first kappa shape index (κ1) is 15.0. The number of benzene rings is 2. The zero-order chi connectivity index (χ0) is 15.6. The van der Waals surface area contributed by atoms with Crippen molar-refractivity contribution in [2.45, 2.75) is 20.0 Å². The summed E-state index contributed by atoms with van der Waals surface area (Å²) in [6.45, 7) is 3.78. The summed E-state index contributed by atoms with van der Waals surface area (Å²) in [7, 11) is 0. The summed E-state index contributed by atoms with van der Waals surface area (Å²) in [5.74, 6) is -2.03. The van der Waals surface area contributed by atoms with Crippen molar-refractivity contribution in [2.75, 3.05) is 5.73 Å². The number of rotatable bonds is 4. The Morgan fingerprint density at radius 2 is 1.67 bits per heavy atom. The summed E-state index contributed by atoms with van der Waals surface area (Å²) in [5, 5.41) is 0. The number of carbonyl (C=O) groups is 1. The van der Waals surface area contributed by atoms with Crippen LogP contribution in [0.3, 0.4) is 0 Å². The first-order valence-electron chi connectivity index (χ1n) is 6.44. The molecule has 21 heavy (non-hydrogen) atoms. The van der Waals surface area contributed by atoms with Gasteiger partial charge in [-0.05, 0) is 44.2 Å². The van der Waals surface area contributed by atoms with Gasteiger partial charge in [0, 0.05) is 22.9 Å². The van der Waals surface area contributed by atoms with Crippen molar-refractivity contribution in [2.24, 2.45) is 0 Å². The van der Waals surface area contributed by atoms with Gasteiger partial charge in [0.25, 0.3) is 0 Å². The Morgan fingerprint density at radius 1 is 1.10 bits per heavy atom. The molecule has 2 aromatic rings. The Hall–Kier alpha value is -2.43. The van der Waals surface area contributed by atoms with Crippen molar-refractivity contribution in [3.05, 3.63) is 59.2 Å². The molecule has 0 radical (unpaired) electrons. The Kier molecular flexibility index (Phi) is 4.21. The topological polar surface area (TPSA) is 52.3 Å². The number of nitrogen functional groups attached to an aromatic ring is 1. The number of nitrogens with two attached hydrogens (primary N) is 1. The number of ketones is 1. The molecule has 0 spiro atoms. The fourth-order valence-electron chi connectivity index (χ4n) is 1.87. The lowest BCUT2D eigenvalue weighted by molar-refractivity contribution is 0.103. The van der Waals surface area contributed by atoms with Gasteiger partial charge >= 0.3 is 0 Å². The molecule has 5 heteroatoms. The van der Waals surface area contributed by atoms with Crippen molar-refractivity contribution < 1.29 is 18.3 Å². The second-order valence-electron chi connectivity index (χ2n) is 4.87. The number of hydrogen-bond acceptors (Lipinski definition) is 3. The van der Waals surface area contributed by atoms with Crippen LogP contribution in [0.25, 0.3) is 0 Å². The van der Waals surface area contributed by atoms with Crippen LogP contribution in [0, 0.1) is 11.6 Å². The molecule has 2 rings (SSSR count). The van der Waals surface area contributed by atoms with E-state index in [1.807, 2.05) is 13.8 Å². The van der Waals surface area contributed by atoms with Gasteiger partial charge in [0.2, 0.25) is 0 Å². The highest BCUT2D eigenvalue weighted by Gasteiger charge is 2.16. The molecule has 0 fully saturated rings. The third-order valence-corrected chi connectivity index (χ3v) is 2.83. The number of ether oxygens (including phenoxy) is 1. The molecule has 0 aromatic heterocycles. The van der Waals surface area contributed by atoms with E-state index in [1.165, 1.54) is 0 Å². The van der Waals surface area contributed by atoms with Crippen LogP contribution in [0.5, 0.6) is 5.75 Å². The lowest BCUT2D eigenvalue weighted by Crippen LogP contribution is -2.08. The van der Waals surface area contributed by atoms with Gasteiger partial charge in [-0.3, -0.25) is 4.79 Å². The number of carbonyl (C=O) groups excluding carboxylic acids is 1. The maximum Gasteiger partial charge on any atom is 0.195 e. The van der Waals surface area contributed by atoms with Crippen LogP contribution >= 0.6 is 0 Å². The molecule has 0 heterocycles. The van der Waals surface area contributed by atoms with E-state index in [9.17, 15) is 13.6 Å². The van der Waals surface area contributed by atoms with Gasteiger partial charge in [0.05, 0.1) is 6.10 Å². The van der Waals surface area contributed by atoms with E-state index in [2.05, 4.69) is 0 Å². The van der Waals surface area contributed by atoms with Crippen molar-refractivity contribution in [3.8, 4) is 5.75 Å². The largest absolute Gasteiger partial charge is 0.491 e. The van der Waals surface area contributed by atoms with Gasteiger partial charge in [-0.15, -0.1) is 0 Å². The van der Waals surface area contributed by atoms with Crippen LogP contribution in [0.15, 0.2) is 36.4 Å². The number of hydrogen-bond donors (Lipinski definition) is 1. The fraction of sp³-hybridized carbons (Fsp3) is 0.188. The maximum atomic E-state index is 13.2. The minimum atomic E-state index is -1.10. The second-order valence-corrected chi connectivity index (χ2v) is 4.87. The Morgan fingerprint density at radius 3 is 2.24 bits per heavy atom. The van der Waals surface area contributed by atoms with Gasteiger partial charge in [-0.25, -0.2) is 8.78 Å². The smallest absolute Gasteiger partial charge is 0.195 e. The van der Waals surface area contributed by atoms with E-state index in [0.29, 0.717) is 11.3 Å². The Labute approximate surface area is 121 Å². The SMILES string of the molecule is CC(C)Oc1ccc(C(=O)c2cc(F)c(F)cc2N)cc1. The van der Waals surface area contributed by atoms with Gasteiger partial charge < -0.3 is 10.5 Å². The Balaban J connectivity index is 2.30. The monoisotopic (exact) mass is 291 g/mol. The fourth-order valence-corrected chi connectivity index (χ4v) is 1.87. The summed E-state index contributed by atoms with van der Waals surface area (Å²) >= 11 is 0. The van der Waals surface area contributed by atoms with Crippen LogP contribution in [-0.4, -0.2) is 11.9 Å². The number of halogens is 2. The molecule has 0 amide bonds. The van der Waals surface area contributed by atoms with Crippen LogP contribution in [-0.2, 0) is 0 Å². The molecule has 0 saturated heterocycles. The molecule has 3 nitrogen and oxygen atoms in total. The van der Waals surface area contributed by atoms with Crippen molar-refractivity contribution in [1.29, 1.82) is 0 Å². The van der Waals surface area contributed by atoms with E-state index < -0.39 is 17.4 Å². The second kappa shape index (κ2) is 5.91. The molecular formula is C16H15F2NO2. The molecule has 0 aliphatic carbocycles. The first-order chi connectivity index (χ1) is 9.88. The van der Waals surface area contributed by atoms with Crippen molar-refractivity contribution in [1.82, 2.24) is 0 Å². The van der Waals surface area contributed by atoms with E-state index in [-0.39, 0.29) is 17.4 Å². The predicted molar refractivity (Wildman–Crippen MR) is 76.4 cm³/mol. The standard InChI is InChI=1S/C16H15F2NO2/c1-9(2)21-11-5-3-10(4-6-11)16(20)12-7-13(17)14(18)8-15(12)19/h3-9H,19H2,1-2H3. The average molecular weight is 291 g/mol. The molecule has 2 N–H and O–H groups in total. The summed E-state index contributed by atoms with van der Waals surface area (Å²) in [5.41, 5.74) is 5.74. The quantitative estimate of drug-likeness (QED) is 0.692. The zero-order valence-corrected chi connectivity index (χ0v) is 11.7. The summed E-state index contributed by atoms with van der Waals surface area (Å²) in [6.07, 6.45) is 0.0217. The van der Waals surface area contributed by atoms with E-state index in [1.54, 1.807) is 24.3 Å². The molecule has 0 saturated carbocycles. The third kappa shape index (κ3) is 3.37. The van der Waals surface area contributed by atoms with Gasteiger partial charge in [-0.2, -0.15) is 0 Å². The highest BCUT2D eigenvalue weighted by Crippen LogP contribution is 2.22. The van der Waals surface area contributed by atoms with Gasteiger partial charge in [0.15, 0.2) is 17.4 Å². The molecule has 110 valence electrons. The van der Waals surface area contributed by atoms with Crippen LogP contribution in [0.2, 0.25) is 0 Å². The van der Waals surface area contributed by atoms with E-state index in [4.69, 9.17) is 10.5 Å². The highest BCUT2D eigenvalue weighted by molar-refractivity contribution is 6.12. The summed E-state index contributed by atoms with van der Waals surface area (Å²) in [6, 6.07) is 8.01. The molecule has 0 aliphatic heterocycles. The lowest BCUT2D eigenvalue weighted by Gasteiger charge is -2.10. The van der Waals surface area contributed by atoms with Gasteiger partial charge in [0.1, 0.15) is 5.75 Å². The average Bonchev–Trinajstić information content (AvgIpc) is 2.42. The summed E-state index contributed by atoms with van der Waals surface area (Å²) in [4.78, 5) is 12.3. The van der Waals surface area contributed by atoms with E-state index >= 15 is 0 Å². The van der Waals surface area contributed by atoms with Crippen LogP contribution in [0.4, 0.5) is 14.5 Å². The zero-order valence-electron chi connectivity index (χ0n) is 11.7. The molecule has 0 atom stereocenters. The minimum Gasteiger partial charge on any atom is -0.491 e. The lowest BCUT2D eigenvalue weighted by atomic mass is 10.0. The highest BCUT2D eigenvalue weighted by atomic mass is 19.2. The maximum absolute atomic E-state index is 13.2. The molecular weight excluding hydrogens is 276 g/mol. The Bertz CT molecular complexity index is 667. The molecule has 0 aliphatic rings. The normalized spacial score (nSPS) is 10.7. The van der Waals surface area contributed by atoms with Gasteiger partial charge in [-0.1, -0.05) is 0 Å². The number of anilines is 1. The van der Waals surface area contributed by atoms with E-state index in [0.717, 1.165) is 12.1 Å². The predicted octanol–water partition coefficient (Wildman–Crippen LogP) is 3.57. The van der Waals surface area contributed by atoms with Crippen molar-refractivity contribution in [3.63, 3.8) is 0 Å². The molecule has 0 unspecified atom stereocenters. The molecule has 2 aromatic carbocycles. The summed E-state index contributed by atoms with van der Waals surface area (Å²) < 4.78 is 31.7. The first-order valence-corrected chi connectivity index (χ1v) is 6.44. The third-order valence-electron chi connectivity index (χ3n) is 2.83. The van der Waals surface area contributed by atoms with Crippen molar-refractivity contribution >= 4 is 11.5 Å². The van der Waals surface area contributed by atoms with Crippen LogP contribution in [0.1, 0.15) is 29.8 Å². The minimum absolute atomic E-state index is 0.0217.